The molecule has 5 heteroatoms. The van der Waals surface area contributed by atoms with Crippen molar-refractivity contribution in [3.63, 3.8) is 0 Å². The lowest BCUT2D eigenvalue weighted by Gasteiger charge is -2.30. The zero-order chi connectivity index (χ0) is 11.8. The second-order valence-electron chi connectivity index (χ2n) is 3.98. The molecular formula is C11H13NO3S. The number of hydrogen-bond acceptors (Lipinski definition) is 3. The molecule has 0 saturated carbocycles. The number of sulfone groups is 1. The van der Waals surface area contributed by atoms with Crippen LogP contribution in [0.25, 0.3) is 0 Å². The molecule has 0 aliphatic carbocycles. The number of carbonyl (C=O) groups is 1. The molecule has 86 valence electrons. The Morgan fingerprint density at radius 2 is 1.88 bits per heavy atom. The summed E-state index contributed by atoms with van der Waals surface area (Å²) in [4.78, 5) is 13.1. The number of amides is 1. The number of benzene rings is 1. The van der Waals surface area contributed by atoms with Crippen molar-refractivity contribution in [2.24, 2.45) is 0 Å². The smallest absolute Gasteiger partial charge is 0.224 e. The predicted molar refractivity (Wildman–Crippen MR) is 59.6 cm³/mol. The Hall–Kier alpha value is -1.36. The van der Waals surface area contributed by atoms with Crippen LogP contribution in [0.2, 0.25) is 0 Å². The Morgan fingerprint density at radius 1 is 1.25 bits per heavy atom. The molecule has 0 aromatic heterocycles. The second kappa shape index (κ2) is 3.90. The van der Waals surface area contributed by atoms with E-state index >= 15 is 0 Å². The Bertz CT molecular complexity index is 505. The molecule has 2 rings (SSSR count). The summed E-state index contributed by atoms with van der Waals surface area (Å²) in [6.07, 6.45) is 1.81. The summed E-state index contributed by atoms with van der Waals surface area (Å²) in [6, 6.07) is 6.66. The van der Waals surface area contributed by atoms with E-state index < -0.39 is 9.84 Å². The molecule has 1 aliphatic heterocycles. The van der Waals surface area contributed by atoms with Gasteiger partial charge >= 0.3 is 0 Å². The summed E-state index contributed by atoms with van der Waals surface area (Å²) in [5.41, 5.74) is 0.959. The highest BCUT2D eigenvalue weighted by molar-refractivity contribution is 7.90. The average molecular weight is 239 g/mol. The number of hydrogen-bond donors (Lipinski definition) is 0. The highest BCUT2D eigenvalue weighted by atomic mass is 32.2. The quantitative estimate of drug-likeness (QED) is 0.734. The fourth-order valence-electron chi connectivity index (χ4n) is 1.59. The number of rotatable bonds is 3. The average Bonchev–Trinajstić information content (AvgIpc) is 2.23. The summed E-state index contributed by atoms with van der Waals surface area (Å²) in [5, 5.41) is 0. The zero-order valence-electron chi connectivity index (χ0n) is 9.01. The van der Waals surface area contributed by atoms with Gasteiger partial charge in [-0.15, -0.1) is 0 Å². The van der Waals surface area contributed by atoms with Crippen molar-refractivity contribution >= 4 is 15.7 Å². The maximum absolute atomic E-state index is 11.2. The number of β-lactam (4-membered cyclic amide) rings is 1. The lowest BCUT2D eigenvalue weighted by Crippen LogP contribution is -2.42. The summed E-state index contributed by atoms with van der Waals surface area (Å²) in [5.74, 6) is 0.159. The largest absolute Gasteiger partial charge is 0.338 e. The fraction of sp³-hybridized carbons (Fsp3) is 0.364. The maximum Gasteiger partial charge on any atom is 0.224 e. The van der Waals surface area contributed by atoms with Crippen LogP contribution in [0.15, 0.2) is 29.2 Å². The molecule has 0 atom stereocenters. The summed E-state index contributed by atoms with van der Waals surface area (Å²) in [6.45, 7) is 1.37. The fourth-order valence-corrected chi connectivity index (χ4v) is 2.22. The van der Waals surface area contributed by atoms with Gasteiger partial charge in [0.05, 0.1) is 4.90 Å². The van der Waals surface area contributed by atoms with Gasteiger partial charge in [-0.1, -0.05) is 12.1 Å². The molecule has 1 saturated heterocycles. The van der Waals surface area contributed by atoms with Crippen molar-refractivity contribution in [3.8, 4) is 0 Å². The first-order chi connectivity index (χ1) is 7.47. The van der Waals surface area contributed by atoms with Crippen LogP contribution in [0.4, 0.5) is 0 Å². The van der Waals surface area contributed by atoms with Crippen LogP contribution in [0, 0.1) is 0 Å². The van der Waals surface area contributed by atoms with E-state index in [9.17, 15) is 13.2 Å². The van der Waals surface area contributed by atoms with E-state index in [0.29, 0.717) is 17.9 Å². The third-order valence-corrected chi connectivity index (χ3v) is 3.80. The third-order valence-electron chi connectivity index (χ3n) is 2.67. The van der Waals surface area contributed by atoms with Crippen molar-refractivity contribution in [1.29, 1.82) is 0 Å². The molecular weight excluding hydrogens is 226 g/mol. The van der Waals surface area contributed by atoms with Crippen LogP contribution in [-0.4, -0.2) is 32.0 Å². The van der Waals surface area contributed by atoms with Crippen LogP contribution in [0.1, 0.15) is 12.0 Å². The van der Waals surface area contributed by atoms with Crippen molar-refractivity contribution in [2.75, 3.05) is 12.8 Å². The van der Waals surface area contributed by atoms with Gasteiger partial charge in [0.1, 0.15) is 0 Å². The van der Waals surface area contributed by atoms with Gasteiger partial charge in [0, 0.05) is 25.8 Å². The zero-order valence-corrected chi connectivity index (χ0v) is 9.83. The first kappa shape index (κ1) is 11.1. The topological polar surface area (TPSA) is 54.5 Å². The molecule has 0 unspecified atom stereocenters. The van der Waals surface area contributed by atoms with Gasteiger partial charge in [-0.2, -0.15) is 0 Å². The van der Waals surface area contributed by atoms with Gasteiger partial charge in [0.15, 0.2) is 9.84 Å². The van der Waals surface area contributed by atoms with Crippen LogP contribution in [0.5, 0.6) is 0 Å². The van der Waals surface area contributed by atoms with Crippen molar-refractivity contribution in [3.05, 3.63) is 29.8 Å². The molecule has 1 aromatic rings. The number of nitrogens with zero attached hydrogens (tertiary/aromatic N) is 1. The summed E-state index contributed by atoms with van der Waals surface area (Å²) in [7, 11) is -3.13. The van der Waals surface area contributed by atoms with Gasteiger partial charge in [-0.05, 0) is 17.7 Å². The van der Waals surface area contributed by atoms with E-state index in [1.807, 2.05) is 0 Å². The third kappa shape index (κ3) is 2.24. The predicted octanol–water partition coefficient (Wildman–Crippen LogP) is 0.822. The van der Waals surface area contributed by atoms with Crippen LogP contribution < -0.4 is 0 Å². The Morgan fingerprint density at radius 3 is 2.25 bits per heavy atom. The maximum atomic E-state index is 11.2. The Kier molecular flexibility index (Phi) is 2.71. The molecule has 0 bridgehead atoms. The SMILES string of the molecule is CS(=O)(=O)c1ccc(CN2CCC2=O)cc1. The Labute approximate surface area is 94.8 Å². The molecule has 1 amide bonds. The molecule has 0 spiro atoms. The van der Waals surface area contributed by atoms with Crippen LogP contribution in [-0.2, 0) is 21.2 Å². The van der Waals surface area contributed by atoms with Crippen LogP contribution >= 0.6 is 0 Å². The summed E-state index contributed by atoms with van der Waals surface area (Å²) < 4.78 is 22.4. The van der Waals surface area contributed by atoms with E-state index in [1.54, 1.807) is 29.2 Å². The first-order valence-electron chi connectivity index (χ1n) is 5.03. The minimum Gasteiger partial charge on any atom is -0.338 e. The van der Waals surface area contributed by atoms with Gasteiger partial charge in [-0.25, -0.2) is 8.42 Å². The lowest BCUT2D eigenvalue weighted by molar-refractivity contribution is -0.140. The first-order valence-corrected chi connectivity index (χ1v) is 6.93. The van der Waals surface area contributed by atoms with Gasteiger partial charge in [0.25, 0.3) is 0 Å². The Balaban J connectivity index is 2.11. The monoisotopic (exact) mass is 239 g/mol. The molecule has 16 heavy (non-hydrogen) atoms. The van der Waals surface area contributed by atoms with E-state index in [0.717, 1.165) is 12.1 Å². The minimum atomic E-state index is -3.13. The van der Waals surface area contributed by atoms with Crippen molar-refractivity contribution in [1.82, 2.24) is 4.90 Å². The second-order valence-corrected chi connectivity index (χ2v) is 6.00. The minimum absolute atomic E-state index is 0.159. The van der Waals surface area contributed by atoms with E-state index in [2.05, 4.69) is 0 Å². The van der Waals surface area contributed by atoms with Crippen LogP contribution in [0.3, 0.4) is 0 Å². The summed E-state index contributed by atoms with van der Waals surface area (Å²) >= 11 is 0. The highest BCUT2D eigenvalue weighted by Gasteiger charge is 2.23. The highest BCUT2D eigenvalue weighted by Crippen LogP contribution is 2.16. The molecule has 0 radical (unpaired) electrons. The van der Waals surface area contributed by atoms with Gasteiger partial charge in [-0.3, -0.25) is 4.79 Å². The van der Waals surface area contributed by atoms with Gasteiger partial charge < -0.3 is 4.90 Å². The molecule has 1 aromatic carbocycles. The van der Waals surface area contributed by atoms with E-state index in [4.69, 9.17) is 0 Å². The van der Waals surface area contributed by atoms with E-state index in [-0.39, 0.29) is 5.91 Å². The number of likely N-dealkylation sites (tertiary alicyclic amines) is 1. The number of carbonyl (C=O) groups excluding carboxylic acids is 1. The van der Waals surface area contributed by atoms with Crippen molar-refractivity contribution < 1.29 is 13.2 Å². The van der Waals surface area contributed by atoms with E-state index in [1.165, 1.54) is 6.26 Å². The van der Waals surface area contributed by atoms with Gasteiger partial charge in [0.2, 0.25) is 5.91 Å². The molecule has 0 N–H and O–H groups in total. The molecule has 1 fully saturated rings. The standard InChI is InChI=1S/C11H13NO3S/c1-16(14,15)10-4-2-9(3-5-10)8-12-7-6-11(12)13/h2-5H,6-8H2,1H3. The molecule has 1 aliphatic rings. The lowest BCUT2D eigenvalue weighted by atomic mass is 10.1. The molecule has 1 heterocycles. The van der Waals surface area contributed by atoms with Crippen molar-refractivity contribution in [2.45, 2.75) is 17.9 Å². The normalized spacial score (nSPS) is 16.1. The molecule has 4 nitrogen and oxygen atoms in total.